The molecule has 0 amide bonds. The lowest BCUT2D eigenvalue weighted by atomic mass is 10.2. The highest BCUT2D eigenvalue weighted by Gasteiger charge is 2.31. The van der Waals surface area contributed by atoms with Crippen LogP contribution in [0.5, 0.6) is 0 Å². The third-order valence-electron chi connectivity index (χ3n) is 3.61. The SMILES string of the molecule is CSC1CCCC1NS(=O)(=O)c1ccc(C(=O)O)cc1N. The van der Waals surface area contributed by atoms with Crippen molar-refractivity contribution in [2.45, 2.75) is 35.4 Å². The molecular formula is C13H18N2O4S2. The Labute approximate surface area is 128 Å². The van der Waals surface area contributed by atoms with E-state index < -0.39 is 16.0 Å². The van der Waals surface area contributed by atoms with Gasteiger partial charge in [0.2, 0.25) is 10.0 Å². The Kier molecular flexibility index (Phi) is 4.80. The molecule has 4 N–H and O–H groups in total. The number of sulfonamides is 1. The lowest BCUT2D eigenvalue weighted by molar-refractivity contribution is 0.0697. The van der Waals surface area contributed by atoms with Crippen LogP contribution in [0.1, 0.15) is 29.6 Å². The summed E-state index contributed by atoms with van der Waals surface area (Å²) in [4.78, 5) is 10.8. The number of anilines is 1. The van der Waals surface area contributed by atoms with Crippen LogP contribution in [-0.2, 0) is 10.0 Å². The summed E-state index contributed by atoms with van der Waals surface area (Å²) < 4.78 is 27.5. The van der Waals surface area contributed by atoms with Gasteiger partial charge in [0.25, 0.3) is 0 Å². The summed E-state index contributed by atoms with van der Waals surface area (Å²) in [6, 6.07) is 3.54. The van der Waals surface area contributed by atoms with Crippen molar-refractivity contribution in [2.75, 3.05) is 12.0 Å². The molecule has 0 aromatic heterocycles. The van der Waals surface area contributed by atoms with Gasteiger partial charge in [-0.1, -0.05) is 6.42 Å². The van der Waals surface area contributed by atoms with E-state index >= 15 is 0 Å². The standard InChI is InChI=1S/C13H18N2O4S2/c1-20-11-4-2-3-10(11)15-21(18,19)12-6-5-8(13(16)17)7-9(12)14/h5-7,10-11,15H,2-4,14H2,1H3,(H,16,17). The second kappa shape index (κ2) is 6.25. The number of hydrogen-bond acceptors (Lipinski definition) is 5. The first-order chi connectivity index (χ1) is 9.85. The van der Waals surface area contributed by atoms with Crippen LogP contribution in [0.15, 0.2) is 23.1 Å². The van der Waals surface area contributed by atoms with Gasteiger partial charge in [-0.3, -0.25) is 0 Å². The lowest BCUT2D eigenvalue weighted by Gasteiger charge is -2.19. The Bertz CT molecular complexity index is 646. The Morgan fingerprint density at radius 3 is 2.71 bits per heavy atom. The molecule has 0 aliphatic heterocycles. The van der Waals surface area contributed by atoms with Gasteiger partial charge < -0.3 is 10.8 Å². The number of benzene rings is 1. The number of nitrogen functional groups attached to an aromatic ring is 1. The minimum atomic E-state index is -3.74. The molecule has 116 valence electrons. The van der Waals surface area contributed by atoms with Crippen molar-refractivity contribution in [3.05, 3.63) is 23.8 Å². The summed E-state index contributed by atoms with van der Waals surface area (Å²) in [5, 5.41) is 9.14. The van der Waals surface area contributed by atoms with Crippen molar-refractivity contribution < 1.29 is 18.3 Å². The molecule has 2 unspecified atom stereocenters. The van der Waals surface area contributed by atoms with Crippen LogP contribution in [0.3, 0.4) is 0 Å². The number of carboxylic acid groups (broad SMARTS) is 1. The maximum Gasteiger partial charge on any atom is 0.335 e. The molecule has 2 rings (SSSR count). The van der Waals surface area contributed by atoms with Gasteiger partial charge in [-0.05, 0) is 37.3 Å². The van der Waals surface area contributed by atoms with Crippen LogP contribution in [0.4, 0.5) is 5.69 Å². The summed E-state index contributed by atoms with van der Waals surface area (Å²) in [5.41, 5.74) is 5.61. The lowest BCUT2D eigenvalue weighted by Crippen LogP contribution is -2.38. The number of hydrogen-bond donors (Lipinski definition) is 3. The molecule has 1 aromatic carbocycles. The molecule has 0 saturated heterocycles. The minimum absolute atomic E-state index is 0.0330. The quantitative estimate of drug-likeness (QED) is 0.706. The Hall–Kier alpha value is -1.25. The molecule has 21 heavy (non-hydrogen) atoms. The van der Waals surface area contributed by atoms with Gasteiger partial charge in [-0.25, -0.2) is 17.9 Å². The monoisotopic (exact) mass is 330 g/mol. The Morgan fingerprint density at radius 1 is 1.43 bits per heavy atom. The number of carbonyl (C=O) groups is 1. The Morgan fingerprint density at radius 2 is 2.14 bits per heavy atom. The van der Waals surface area contributed by atoms with E-state index in [0.29, 0.717) is 0 Å². The van der Waals surface area contributed by atoms with Crippen molar-refractivity contribution in [2.24, 2.45) is 0 Å². The molecule has 0 heterocycles. The Balaban J connectivity index is 2.25. The fraction of sp³-hybridized carbons (Fsp3) is 0.462. The highest BCUT2D eigenvalue weighted by atomic mass is 32.2. The van der Waals surface area contributed by atoms with Gasteiger partial charge in [0.1, 0.15) is 4.90 Å². The van der Waals surface area contributed by atoms with E-state index in [2.05, 4.69) is 4.72 Å². The van der Waals surface area contributed by atoms with Crippen LogP contribution < -0.4 is 10.5 Å². The molecule has 2 atom stereocenters. The molecule has 0 bridgehead atoms. The van der Waals surface area contributed by atoms with Crippen LogP contribution in [-0.4, -0.2) is 37.0 Å². The summed E-state index contributed by atoms with van der Waals surface area (Å²) in [6.45, 7) is 0. The molecule has 1 aromatic rings. The van der Waals surface area contributed by atoms with Crippen molar-refractivity contribution in [1.82, 2.24) is 4.72 Å². The third kappa shape index (κ3) is 3.50. The number of thioether (sulfide) groups is 1. The van der Waals surface area contributed by atoms with E-state index in [4.69, 9.17) is 10.8 Å². The van der Waals surface area contributed by atoms with Gasteiger partial charge in [0, 0.05) is 11.3 Å². The van der Waals surface area contributed by atoms with Crippen molar-refractivity contribution in [3.8, 4) is 0 Å². The summed E-state index contributed by atoms with van der Waals surface area (Å²) in [7, 11) is -3.74. The van der Waals surface area contributed by atoms with Gasteiger partial charge in [-0.15, -0.1) is 0 Å². The highest BCUT2D eigenvalue weighted by molar-refractivity contribution is 7.99. The van der Waals surface area contributed by atoms with Crippen LogP contribution >= 0.6 is 11.8 Å². The molecular weight excluding hydrogens is 312 g/mol. The number of nitrogens with one attached hydrogen (secondary N) is 1. The van der Waals surface area contributed by atoms with E-state index in [1.807, 2.05) is 6.26 Å². The predicted octanol–water partition coefficient (Wildman–Crippen LogP) is 1.53. The van der Waals surface area contributed by atoms with Gasteiger partial charge >= 0.3 is 5.97 Å². The predicted molar refractivity (Wildman–Crippen MR) is 83.1 cm³/mol. The van der Waals surface area contributed by atoms with E-state index in [-0.39, 0.29) is 27.4 Å². The largest absolute Gasteiger partial charge is 0.478 e. The van der Waals surface area contributed by atoms with E-state index in [1.54, 1.807) is 11.8 Å². The first kappa shape index (κ1) is 16.1. The fourth-order valence-corrected chi connectivity index (χ4v) is 4.98. The van der Waals surface area contributed by atoms with E-state index in [9.17, 15) is 13.2 Å². The second-order valence-electron chi connectivity index (χ2n) is 4.99. The highest BCUT2D eigenvalue weighted by Crippen LogP contribution is 2.30. The number of aromatic carboxylic acids is 1. The topological polar surface area (TPSA) is 109 Å². The van der Waals surface area contributed by atoms with Crippen molar-refractivity contribution in [3.63, 3.8) is 0 Å². The van der Waals surface area contributed by atoms with Gasteiger partial charge in [-0.2, -0.15) is 11.8 Å². The summed E-state index contributed by atoms with van der Waals surface area (Å²) >= 11 is 1.65. The van der Waals surface area contributed by atoms with Gasteiger partial charge in [0.05, 0.1) is 11.3 Å². The molecule has 1 fully saturated rings. The average molecular weight is 330 g/mol. The smallest absolute Gasteiger partial charge is 0.335 e. The summed E-state index contributed by atoms with van der Waals surface area (Å²) in [6.07, 6.45) is 4.75. The van der Waals surface area contributed by atoms with Crippen molar-refractivity contribution in [1.29, 1.82) is 0 Å². The number of carboxylic acids is 1. The van der Waals surface area contributed by atoms with Crippen LogP contribution in [0.2, 0.25) is 0 Å². The fourth-order valence-electron chi connectivity index (χ4n) is 2.53. The summed E-state index contributed by atoms with van der Waals surface area (Å²) in [5.74, 6) is -1.14. The first-order valence-electron chi connectivity index (χ1n) is 6.53. The number of rotatable bonds is 5. The maximum atomic E-state index is 12.4. The van der Waals surface area contributed by atoms with Crippen LogP contribution in [0, 0.1) is 0 Å². The zero-order chi connectivity index (χ0) is 15.6. The average Bonchev–Trinajstić information content (AvgIpc) is 2.84. The second-order valence-corrected chi connectivity index (χ2v) is 7.75. The molecule has 1 aliphatic rings. The van der Waals surface area contributed by atoms with E-state index in [1.165, 1.54) is 12.1 Å². The maximum absolute atomic E-state index is 12.4. The zero-order valence-corrected chi connectivity index (χ0v) is 13.2. The van der Waals surface area contributed by atoms with Gasteiger partial charge in [0.15, 0.2) is 0 Å². The molecule has 8 heteroatoms. The van der Waals surface area contributed by atoms with Crippen molar-refractivity contribution >= 4 is 33.4 Å². The van der Waals surface area contributed by atoms with Crippen LogP contribution in [0.25, 0.3) is 0 Å². The first-order valence-corrected chi connectivity index (χ1v) is 9.30. The molecule has 6 nitrogen and oxygen atoms in total. The van der Waals surface area contributed by atoms with E-state index in [0.717, 1.165) is 25.3 Å². The molecule has 0 spiro atoms. The third-order valence-corrected chi connectivity index (χ3v) is 6.34. The zero-order valence-electron chi connectivity index (χ0n) is 11.6. The molecule has 1 saturated carbocycles. The number of nitrogens with two attached hydrogens (primary N) is 1. The minimum Gasteiger partial charge on any atom is -0.478 e. The molecule has 1 aliphatic carbocycles. The molecule has 0 radical (unpaired) electrons. The normalized spacial score (nSPS) is 22.3.